The number of hydrogen-bond acceptors (Lipinski definition) is 5. The number of ether oxygens (including phenoxy) is 1. The second-order valence-electron chi connectivity index (χ2n) is 15.0. The zero-order valence-corrected chi connectivity index (χ0v) is 34.3. The maximum absolute atomic E-state index is 12.3. The summed E-state index contributed by atoms with van der Waals surface area (Å²) in [7, 11) is 0. The van der Waals surface area contributed by atoms with Gasteiger partial charge in [0.2, 0.25) is 5.91 Å². The molecule has 0 aliphatic rings. The van der Waals surface area contributed by atoms with Crippen molar-refractivity contribution in [2.24, 2.45) is 0 Å². The number of allylic oxidation sites excluding steroid dienone is 5. The molecule has 0 bridgehead atoms. The van der Waals surface area contributed by atoms with Gasteiger partial charge in [0, 0.05) is 12.8 Å². The molecule has 1 amide bonds. The molecular weight excluding hydrogens is 647 g/mol. The van der Waals surface area contributed by atoms with Gasteiger partial charge in [0.15, 0.2) is 0 Å². The van der Waals surface area contributed by atoms with Crippen molar-refractivity contribution in [3.8, 4) is 0 Å². The fraction of sp³-hybridized carbons (Fsp3) is 0.826. The number of carbonyl (C=O) groups excluding carboxylic acids is 2. The predicted molar refractivity (Wildman–Crippen MR) is 222 cm³/mol. The van der Waals surface area contributed by atoms with Crippen LogP contribution in [0, 0.1) is 0 Å². The summed E-state index contributed by atoms with van der Waals surface area (Å²) in [5.74, 6) is -0.180. The number of aliphatic hydroxyl groups excluding tert-OH is 2. The van der Waals surface area contributed by atoms with Crippen molar-refractivity contribution in [1.82, 2.24) is 5.32 Å². The summed E-state index contributed by atoms with van der Waals surface area (Å²) < 4.78 is 5.41. The Hall–Kier alpha value is -1.92. The molecule has 0 heterocycles. The fourth-order valence-corrected chi connectivity index (χ4v) is 6.39. The zero-order chi connectivity index (χ0) is 38.0. The Labute approximate surface area is 322 Å². The largest absolute Gasteiger partial charge is 0.466 e. The van der Waals surface area contributed by atoms with Crippen LogP contribution in [0.5, 0.6) is 0 Å². The minimum atomic E-state index is -0.874. The van der Waals surface area contributed by atoms with E-state index in [-0.39, 0.29) is 18.5 Å². The first kappa shape index (κ1) is 50.1. The van der Waals surface area contributed by atoms with E-state index in [0.29, 0.717) is 19.4 Å². The molecule has 6 heteroatoms. The van der Waals surface area contributed by atoms with Gasteiger partial charge < -0.3 is 20.3 Å². The molecule has 2 unspecified atom stereocenters. The van der Waals surface area contributed by atoms with E-state index in [1.54, 1.807) is 6.08 Å². The first-order chi connectivity index (χ1) is 25.5. The Bertz CT molecular complexity index is 854. The predicted octanol–water partition coefficient (Wildman–Crippen LogP) is 12.6. The van der Waals surface area contributed by atoms with Crippen LogP contribution in [0.2, 0.25) is 0 Å². The molecule has 0 spiro atoms. The van der Waals surface area contributed by atoms with Crippen molar-refractivity contribution in [1.29, 1.82) is 0 Å². The molecule has 0 saturated carbocycles. The van der Waals surface area contributed by atoms with Crippen LogP contribution in [0.15, 0.2) is 36.5 Å². The third-order valence-corrected chi connectivity index (χ3v) is 9.88. The van der Waals surface area contributed by atoms with Crippen LogP contribution in [0.25, 0.3) is 0 Å². The van der Waals surface area contributed by atoms with E-state index >= 15 is 0 Å². The van der Waals surface area contributed by atoms with Gasteiger partial charge in [0.25, 0.3) is 0 Å². The SMILES string of the molecule is CCCCCCC/C=C\CCCCCCCC(=O)OCCCCCC/C=C\CCCC(=O)NC(CO)C(O)/C=C/CCCCCCCCCCCC. The normalized spacial score (nSPS) is 13.1. The van der Waals surface area contributed by atoms with Crippen molar-refractivity contribution in [2.45, 2.75) is 231 Å². The van der Waals surface area contributed by atoms with E-state index in [1.165, 1.54) is 122 Å². The van der Waals surface area contributed by atoms with E-state index in [4.69, 9.17) is 4.74 Å². The molecule has 0 aliphatic heterocycles. The second-order valence-corrected chi connectivity index (χ2v) is 15.0. The number of rotatable bonds is 40. The van der Waals surface area contributed by atoms with Gasteiger partial charge in [-0.15, -0.1) is 0 Å². The first-order valence-corrected chi connectivity index (χ1v) is 22.3. The summed E-state index contributed by atoms with van der Waals surface area (Å²) in [5, 5.41) is 22.9. The summed E-state index contributed by atoms with van der Waals surface area (Å²) in [4.78, 5) is 24.3. The molecule has 304 valence electrons. The molecule has 0 aliphatic carbocycles. The van der Waals surface area contributed by atoms with Gasteiger partial charge >= 0.3 is 5.97 Å². The van der Waals surface area contributed by atoms with Gasteiger partial charge in [-0.3, -0.25) is 9.59 Å². The minimum Gasteiger partial charge on any atom is -0.466 e. The maximum Gasteiger partial charge on any atom is 0.305 e. The van der Waals surface area contributed by atoms with Crippen LogP contribution in [0.1, 0.15) is 219 Å². The summed E-state index contributed by atoms with van der Waals surface area (Å²) in [6.07, 6.45) is 48.5. The summed E-state index contributed by atoms with van der Waals surface area (Å²) in [6.45, 7) is 4.77. The molecule has 6 nitrogen and oxygen atoms in total. The van der Waals surface area contributed by atoms with Crippen molar-refractivity contribution in [2.75, 3.05) is 13.2 Å². The van der Waals surface area contributed by atoms with E-state index in [1.807, 2.05) is 6.08 Å². The average molecular weight is 732 g/mol. The highest BCUT2D eigenvalue weighted by Crippen LogP contribution is 2.13. The molecular formula is C46H85NO5. The number of hydrogen-bond donors (Lipinski definition) is 3. The minimum absolute atomic E-state index is 0.0480. The number of carbonyl (C=O) groups is 2. The summed E-state index contributed by atoms with van der Waals surface area (Å²) in [5.41, 5.74) is 0. The standard InChI is InChI=1S/C46H85NO5/c1-3-5-7-9-11-13-15-17-18-20-24-28-32-36-40-46(51)52-41-37-33-29-25-21-23-27-31-35-39-45(50)47-43(42-48)44(49)38-34-30-26-22-19-16-14-12-10-8-6-4-2/h15,17,23,27,34,38,43-44,48-49H,3-14,16,18-22,24-26,28-33,35-37,39-42H2,1-2H3,(H,47,50)/b17-15-,27-23-,38-34+. The Morgan fingerprint density at radius 1 is 0.519 bits per heavy atom. The monoisotopic (exact) mass is 732 g/mol. The zero-order valence-electron chi connectivity index (χ0n) is 34.3. The second kappa shape index (κ2) is 41.8. The van der Waals surface area contributed by atoms with Gasteiger partial charge in [0.05, 0.1) is 25.4 Å². The van der Waals surface area contributed by atoms with Crippen LogP contribution in [-0.2, 0) is 14.3 Å². The van der Waals surface area contributed by atoms with E-state index in [0.717, 1.165) is 70.6 Å². The smallest absolute Gasteiger partial charge is 0.305 e. The number of amides is 1. The number of esters is 1. The average Bonchev–Trinajstić information content (AvgIpc) is 3.14. The number of unbranched alkanes of at least 4 members (excludes halogenated alkanes) is 25. The molecule has 3 N–H and O–H groups in total. The van der Waals surface area contributed by atoms with Gasteiger partial charge in [-0.05, 0) is 77.0 Å². The van der Waals surface area contributed by atoms with Gasteiger partial charge in [-0.2, -0.15) is 0 Å². The molecule has 52 heavy (non-hydrogen) atoms. The lowest BCUT2D eigenvalue weighted by molar-refractivity contribution is -0.143. The van der Waals surface area contributed by atoms with Crippen molar-refractivity contribution in [3.05, 3.63) is 36.5 Å². The highest BCUT2D eigenvalue weighted by atomic mass is 16.5. The molecule has 0 fully saturated rings. The molecule has 0 aromatic heterocycles. The number of nitrogens with one attached hydrogen (secondary N) is 1. The topological polar surface area (TPSA) is 95.9 Å². The molecule has 0 aromatic carbocycles. The molecule has 0 aromatic rings. The quantitative estimate of drug-likeness (QED) is 0.0331. The van der Waals surface area contributed by atoms with Gasteiger partial charge in [-0.1, -0.05) is 166 Å². The third kappa shape index (κ3) is 37.8. The molecule has 0 radical (unpaired) electrons. The van der Waals surface area contributed by atoms with Crippen molar-refractivity contribution < 1.29 is 24.5 Å². The van der Waals surface area contributed by atoms with E-state index < -0.39 is 12.1 Å². The van der Waals surface area contributed by atoms with Crippen LogP contribution in [0.4, 0.5) is 0 Å². The highest BCUT2D eigenvalue weighted by molar-refractivity contribution is 5.76. The summed E-state index contributed by atoms with van der Waals surface area (Å²) in [6, 6.07) is -0.664. The van der Waals surface area contributed by atoms with Crippen molar-refractivity contribution in [3.63, 3.8) is 0 Å². The van der Waals surface area contributed by atoms with Crippen molar-refractivity contribution >= 4 is 11.9 Å². The van der Waals surface area contributed by atoms with Crippen LogP contribution in [0.3, 0.4) is 0 Å². The molecule has 0 saturated heterocycles. The highest BCUT2D eigenvalue weighted by Gasteiger charge is 2.17. The summed E-state index contributed by atoms with van der Waals surface area (Å²) >= 11 is 0. The van der Waals surface area contributed by atoms with E-state index in [2.05, 4.69) is 43.5 Å². The Balaban J connectivity index is 3.61. The van der Waals surface area contributed by atoms with Crippen LogP contribution in [-0.4, -0.2) is 47.4 Å². The van der Waals surface area contributed by atoms with Gasteiger partial charge in [0.1, 0.15) is 0 Å². The number of aliphatic hydroxyl groups is 2. The first-order valence-electron chi connectivity index (χ1n) is 22.3. The lowest BCUT2D eigenvalue weighted by atomic mass is 10.1. The fourth-order valence-electron chi connectivity index (χ4n) is 6.39. The van der Waals surface area contributed by atoms with Crippen LogP contribution >= 0.6 is 0 Å². The molecule has 0 rings (SSSR count). The third-order valence-electron chi connectivity index (χ3n) is 9.88. The van der Waals surface area contributed by atoms with E-state index in [9.17, 15) is 19.8 Å². The maximum atomic E-state index is 12.3. The Morgan fingerprint density at radius 2 is 0.923 bits per heavy atom. The lowest BCUT2D eigenvalue weighted by Crippen LogP contribution is -2.45. The molecule has 2 atom stereocenters. The Kier molecular flexibility index (Phi) is 40.3. The van der Waals surface area contributed by atoms with Crippen LogP contribution < -0.4 is 5.32 Å². The van der Waals surface area contributed by atoms with Gasteiger partial charge in [-0.25, -0.2) is 0 Å². The Morgan fingerprint density at radius 3 is 1.40 bits per heavy atom. The lowest BCUT2D eigenvalue weighted by Gasteiger charge is -2.19.